The zero-order valence-electron chi connectivity index (χ0n) is 7.28. The van der Waals surface area contributed by atoms with E-state index in [0.29, 0.717) is 13.2 Å². The van der Waals surface area contributed by atoms with Crippen molar-refractivity contribution in [1.29, 1.82) is 0 Å². The summed E-state index contributed by atoms with van der Waals surface area (Å²) in [5, 5.41) is 2.76. The molecule has 1 N–H and O–H groups in total. The van der Waals surface area contributed by atoms with E-state index < -0.39 is 0 Å². The first-order valence-electron chi connectivity index (χ1n) is 4.42. The van der Waals surface area contributed by atoms with E-state index in [9.17, 15) is 9.59 Å². The number of amides is 2. The molecule has 5 heteroatoms. The summed E-state index contributed by atoms with van der Waals surface area (Å²) in [5.74, 6) is -0.265. The SMILES string of the molecule is O=C1CNCC(=O)N1C1CCOC1. The van der Waals surface area contributed by atoms with Gasteiger partial charge in [-0.05, 0) is 6.42 Å². The van der Waals surface area contributed by atoms with Crippen LogP contribution in [0.1, 0.15) is 6.42 Å². The molecule has 1 unspecified atom stereocenters. The normalized spacial score (nSPS) is 29.8. The lowest BCUT2D eigenvalue weighted by Gasteiger charge is -2.29. The summed E-state index contributed by atoms with van der Waals surface area (Å²) in [6.45, 7) is 1.68. The molecule has 0 spiro atoms. The molecule has 2 fully saturated rings. The summed E-state index contributed by atoms with van der Waals surface area (Å²) in [5.41, 5.74) is 0. The first-order chi connectivity index (χ1) is 6.29. The minimum atomic E-state index is -0.133. The molecule has 0 saturated carbocycles. The molecule has 0 aromatic carbocycles. The maximum Gasteiger partial charge on any atom is 0.243 e. The first-order valence-corrected chi connectivity index (χ1v) is 4.42. The van der Waals surface area contributed by atoms with Crippen LogP contribution in [-0.2, 0) is 14.3 Å². The van der Waals surface area contributed by atoms with Gasteiger partial charge in [0.15, 0.2) is 0 Å². The lowest BCUT2D eigenvalue weighted by molar-refractivity contribution is -0.149. The Morgan fingerprint density at radius 1 is 1.31 bits per heavy atom. The van der Waals surface area contributed by atoms with Gasteiger partial charge in [-0.2, -0.15) is 0 Å². The molecule has 1 atom stereocenters. The van der Waals surface area contributed by atoms with E-state index in [1.54, 1.807) is 0 Å². The van der Waals surface area contributed by atoms with Gasteiger partial charge in [0.25, 0.3) is 0 Å². The van der Waals surface area contributed by atoms with Gasteiger partial charge in [0, 0.05) is 6.61 Å². The van der Waals surface area contributed by atoms with Gasteiger partial charge in [0.2, 0.25) is 11.8 Å². The predicted octanol–water partition coefficient (Wildman–Crippen LogP) is -1.27. The van der Waals surface area contributed by atoms with Crippen LogP contribution >= 0.6 is 0 Å². The largest absolute Gasteiger partial charge is 0.379 e. The van der Waals surface area contributed by atoms with Crippen molar-refractivity contribution in [2.45, 2.75) is 12.5 Å². The zero-order valence-corrected chi connectivity index (χ0v) is 7.28. The Morgan fingerprint density at radius 2 is 2.00 bits per heavy atom. The van der Waals surface area contributed by atoms with Crippen molar-refractivity contribution in [3.63, 3.8) is 0 Å². The third-order valence-corrected chi connectivity index (χ3v) is 2.36. The van der Waals surface area contributed by atoms with E-state index in [0.717, 1.165) is 6.42 Å². The van der Waals surface area contributed by atoms with Crippen molar-refractivity contribution in [2.75, 3.05) is 26.3 Å². The second-order valence-corrected chi connectivity index (χ2v) is 3.28. The Bertz CT molecular complexity index is 220. The van der Waals surface area contributed by atoms with Crippen molar-refractivity contribution in [2.24, 2.45) is 0 Å². The van der Waals surface area contributed by atoms with Gasteiger partial charge in [0.1, 0.15) is 0 Å². The molecule has 13 heavy (non-hydrogen) atoms. The van der Waals surface area contributed by atoms with Crippen LogP contribution in [0.4, 0.5) is 0 Å². The molecule has 0 bridgehead atoms. The Balaban J connectivity index is 2.08. The molecule has 0 aliphatic carbocycles. The highest BCUT2D eigenvalue weighted by Gasteiger charge is 2.34. The average molecular weight is 184 g/mol. The zero-order chi connectivity index (χ0) is 9.26. The smallest absolute Gasteiger partial charge is 0.243 e. The summed E-state index contributed by atoms with van der Waals surface area (Å²) in [6, 6.07) is -0.0258. The number of hydrogen-bond donors (Lipinski definition) is 1. The molecule has 5 nitrogen and oxygen atoms in total. The van der Waals surface area contributed by atoms with E-state index in [-0.39, 0.29) is 30.9 Å². The average Bonchev–Trinajstić information content (AvgIpc) is 2.57. The fourth-order valence-corrected chi connectivity index (χ4v) is 1.72. The van der Waals surface area contributed by atoms with Crippen LogP contribution < -0.4 is 5.32 Å². The number of piperazine rings is 1. The second kappa shape index (κ2) is 3.43. The van der Waals surface area contributed by atoms with Crippen molar-refractivity contribution in [3.05, 3.63) is 0 Å². The molecule has 0 aromatic rings. The van der Waals surface area contributed by atoms with Crippen LogP contribution in [-0.4, -0.2) is 49.1 Å². The van der Waals surface area contributed by atoms with Crippen molar-refractivity contribution >= 4 is 11.8 Å². The fourth-order valence-electron chi connectivity index (χ4n) is 1.72. The van der Waals surface area contributed by atoms with Crippen LogP contribution in [0, 0.1) is 0 Å². The highest BCUT2D eigenvalue weighted by molar-refractivity contribution is 5.99. The number of carbonyl (C=O) groups excluding carboxylic acids is 2. The third kappa shape index (κ3) is 1.57. The number of nitrogens with one attached hydrogen (secondary N) is 1. The lowest BCUT2D eigenvalue weighted by Crippen LogP contribution is -2.56. The molecule has 2 rings (SSSR count). The van der Waals surface area contributed by atoms with E-state index in [2.05, 4.69) is 5.32 Å². The van der Waals surface area contributed by atoms with E-state index in [1.165, 1.54) is 4.90 Å². The highest BCUT2D eigenvalue weighted by atomic mass is 16.5. The minimum absolute atomic E-state index is 0.0258. The molecule has 2 saturated heterocycles. The highest BCUT2D eigenvalue weighted by Crippen LogP contribution is 2.13. The van der Waals surface area contributed by atoms with Crippen LogP contribution in [0.5, 0.6) is 0 Å². The number of hydrogen-bond acceptors (Lipinski definition) is 4. The number of ether oxygens (including phenoxy) is 1. The van der Waals surface area contributed by atoms with Gasteiger partial charge in [-0.25, -0.2) is 0 Å². The van der Waals surface area contributed by atoms with E-state index in [4.69, 9.17) is 4.74 Å². The lowest BCUT2D eigenvalue weighted by atomic mass is 10.2. The summed E-state index contributed by atoms with van der Waals surface area (Å²) >= 11 is 0. The molecule has 2 aliphatic heterocycles. The van der Waals surface area contributed by atoms with E-state index >= 15 is 0 Å². The van der Waals surface area contributed by atoms with Crippen molar-refractivity contribution < 1.29 is 14.3 Å². The fraction of sp³-hybridized carbons (Fsp3) is 0.750. The first kappa shape index (κ1) is 8.65. The number of rotatable bonds is 1. The molecular weight excluding hydrogens is 172 g/mol. The maximum absolute atomic E-state index is 11.4. The molecule has 2 amide bonds. The molecule has 2 aliphatic rings. The summed E-state index contributed by atoms with van der Waals surface area (Å²) in [4.78, 5) is 24.1. The van der Waals surface area contributed by atoms with Gasteiger partial charge in [-0.1, -0.05) is 0 Å². The Kier molecular flexibility index (Phi) is 2.28. The van der Waals surface area contributed by atoms with E-state index in [1.807, 2.05) is 0 Å². The predicted molar refractivity (Wildman–Crippen MR) is 43.9 cm³/mol. The second-order valence-electron chi connectivity index (χ2n) is 3.28. The summed E-state index contributed by atoms with van der Waals surface area (Å²) in [6.07, 6.45) is 0.775. The molecular formula is C8H12N2O3. The van der Waals surface area contributed by atoms with Gasteiger partial charge < -0.3 is 4.74 Å². The molecule has 0 radical (unpaired) electrons. The number of carbonyl (C=O) groups is 2. The van der Waals surface area contributed by atoms with Gasteiger partial charge in [-0.15, -0.1) is 0 Å². The summed E-state index contributed by atoms with van der Waals surface area (Å²) < 4.78 is 5.14. The Labute approximate surface area is 76.0 Å². The maximum atomic E-state index is 11.4. The quantitative estimate of drug-likeness (QED) is 0.516. The Hall–Kier alpha value is -0.940. The van der Waals surface area contributed by atoms with Crippen molar-refractivity contribution in [1.82, 2.24) is 10.2 Å². The summed E-state index contributed by atoms with van der Waals surface area (Å²) in [7, 11) is 0. The topological polar surface area (TPSA) is 58.6 Å². The van der Waals surface area contributed by atoms with Crippen LogP contribution in [0.3, 0.4) is 0 Å². The number of nitrogens with zero attached hydrogens (tertiary/aromatic N) is 1. The van der Waals surface area contributed by atoms with Crippen LogP contribution in [0.2, 0.25) is 0 Å². The standard InChI is InChI=1S/C8H12N2O3/c11-7-3-9-4-8(12)10(7)6-1-2-13-5-6/h6,9H,1-5H2. The number of imide groups is 1. The van der Waals surface area contributed by atoms with Gasteiger partial charge in [-0.3, -0.25) is 19.8 Å². The molecule has 72 valence electrons. The monoisotopic (exact) mass is 184 g/mol. The van der Waals surface area contributed by atoms with Crippen LogP contribution in [0.25, 0.3) is 0 Å². The molecule has 0 aromatic heterocycles. The van der Waals surface area contributed by atoms with Gasteiger partial charge in [0.05, 0.1) is 25.7 Å². The van der Waals surface area contributed by atoms with Crippen LogP contribution in [0.15, 0.2) is 0 Å². The van der Waals surface area contributed by atoms with Crippen molar-refractivity contribution in [3.8, 4) is 0 Å². The minimum Gasteiger partial charge on any atom is -0.379 e. The van der Waals surface area contributed by atoms with Gasteiger partial charge >= 0.3 is 0 Å². The third-order valence-electron chi connectivity index (χ3n) is 2.36. The molecule has 2 heterocycles. The Morgan fingerprint density at radius 3 is 2.54 bits per heavy atom.